The van der Waals surface area contributed by atoms with Gasteiger partial charge in [-0.3, -0.25) is 4.90 Å². The van der Waals surface area contributed by atoms with E-state index in [0.717, 1.165) is 44.3 Å². The fraction of sp³-hybridized carbons (Fsp3) is 0.350. The number of alkyl halides is 2. The van der Waals surface area contributed by atoms with Crippen LogP contribution in [-0.4, -0.2) is 48.2 Å². The van der Waals surface area contributed by atoms with Gasteiger partial charge >= 0.3 is 6.61 Å². The summed E-state index contributed by atoms with van der Waals surface area (Å²) in [5.74, 6) is 0.761. The van der Waals surface area contributed by atoms with Crippen LogP contribution in [0.4, 0.5) is 13.2 Å². The van der Waals surface area contributed by atoms with Gasteiger partial charge in [-0.25, -0.2) is 4.39 Å². The second kappa shape index (κ2) is 12.9. The molecular weight excluding hydrogens is 375 g/mol. The second-order valence-electron chi connectivity index (χ2n) is 5.93. The molecule has 0 bridgehead atoms. The van der Waals surface area contributed by atoms with Crippen molar-refractivity contribution in [3.05, 3.63) is 65.5 Å². The van der Waals surface area contributed by atoms with Crippen LogP contribution >= 0.6 is 0 Å². The number of aliphatic hydroxyl groups is 2. The first-order valence-electron chi connectivity index (χ1n) is 8.51. The maximum Gasteiger partial charge on any atom is 0.342 e. The van der Waals surface area contributed by atoms with Crippen LogP contribution in [0.15, 0.2) is 48.5 Å². The van der Waals surface area contributed by atoms with Gasteiger partial charge < -0.3 is 19.7 Å². The first-order chi connectivity index (χ1) is 13.5. The molecule has 0 saturated carbocycles. The van der Waals surface area contributed by atoms with Gasteiger partial charge in [-0.05, 0) is 35.4 Å². The molecule has 2 aromatic rings. The van der Waals surface area contributed by atoms with E-state index in [0.29, 0.717) is 6.61 Å². The minimum atomic E-state index is -3.17. The molecule has 0 aliphatic carbocycles. The van der Waals surface area contributed by atoms with E-state index in [1.165, 1.54) is 17.7 Å². The van der Waals surface area contributed by atoms with Crippen LogP contribution in [0.1, 0.15) is 11.1 Å². The van der Waals surface area contributed by atoms with Crippen LogP contribution in [0.2, 0.25) is 0 Å². The third-order valence-corrected chi connectivity index (χ3v) is 3.83. The Balaban J connectivity index is 0.000000583. The van der Waals surface area contributed by atoms with E-state index in [1.54, 1.807) is 12.1 Å². The molecule has 154 valence electrons. The van der Waals surface area contributed by atoms with Gasteiger partial charge in [-0.1, -0.05) is 24.3 Å². The average molecular weight is 399 g/mol. The summed E-state index contributed by atoms with van der Waals surface area (Å²) in [6.45, 7) is -0.173. The van der Waals surface area contributed by atoms with E-state index < -0.39 is 6.61 Å². The number of aliphatic hydroxyl groups excluding tert-OH is 2. The highest BCUT2D eigenvalue weighted by Gasteiger charge is 2.25. The molecule has 0 radical (unpaired) electrons. The van der Waals surface area contributed by atoms with Gasteiger partial charge in [-0.2, -0.15) is 8.78 Å². The zero-order valence-electron chi connectivity index (χ0n) is 15.5. The van der Waals surface area contributed by atoms with Crippen LogP contribution in [-0.2, 0) is 17.9 Å². The molecular formula is C20H24F3NO4. The van der Waals surface area contributed by atoms with E-state index >= 15 is 0 Å². The van der Waals surface area contributed by atoms with Crippen molar-refractivity contribution in [3.63, 3.8) is 0 Å². The summed E-state index contributed by atoms with van der Waals surface area (Å²) in [7, 11) is 1.00. The van der Waals surface area contributed by atoms with Gasteiger partial charge in [-0.15, -0.1) is 0 Å². The number of nitrogens with zero attached hydrogens (tertiary/aromatic N) is 1. The molecule has 2 N–H and O–H groups in total. The number of rotatable bonds is 6. The summed E-state index contributed by atoms with van der Waals surface area (Å²) in [5, 5.41) is 13.7. The van der Waals surface area contributed by atoms with Crippen LogP contribution in [0.25, 0.3) is 0 Å². The van der Waals surface area contributed by atoms with Crippen LogP contribution in [0, 0.1) is 11.7 Å². The third kappa shape index (κ3) is 8.98. The van der Waals surface area contributed by atoms with Gasteiger partial charge in [0.2, 0.25) is 0 Å². The van der Waals surface area contributed by atoms with E-state index in [2.05, 4.69) is 4.90 Å². The second-order valence-corrected chi connectivity index (χ2v) is 5.93. The molecule has 0 amide bonds. The van der Waals surface area contributed by atoms with Crippen LogP contribution in [0.3, 0.4) is 0 Å². The summed E-state index contributed by atoms with van der Waals surface area (Å²) in [6, 6.07) is 14.3. The van der Waals surface area contributed by atoms with Crippen molar-refractivity contribution in [3.8, 4) is 5.75 Å². The topological polar surface area (TPSA) is 70.0 Å². The molecule has 1 saturated heterocycles. The number of halogens is 3. The molecule has 1 fully saturated rings. The Morgan fingerprint density at radius 1 is 1.07 bits per heavy atom. The maximum atomic E-state index is 12.8. The SMILES string of the molecule is CO.O=CC1CN(Cc2ccc(OCc3ccc(F)cc3)cc2)C1.OC(F)F. The molecule has 2 aromatic carbocycles. The summed E-state index contributed by atoms with van der Waals surface area (Å²) in [4.78, 5) is 12.8. The van der Waals surface area contributed by atoms with Crippen molar-refractivity contribution in [2.24, 2.45) is 5.92 Å². The highest BCUT2D eigenvalue weighted by atomic mass is 19.3. The molecule has 0 unspecified atom stereocenters. The van der Waals surface area contributed by atoms with Crippen molar-refractivity contribution < 1.29 is 32.9 Å². The lowest BCUT2D eigenvalue weighted by molar-refractivity contribution is -0.115. The Hall–Kier alpha value is -2.42. The van der Waals surface area contributed by atoms with Gasteiger partial charge in [0.05, 0.1) is 0 Å². The molecule has 1 aliphatic heterocycles. The lowest BCUT2D eigenvalue weighted by Gasteiger charge is -2.36. The number of carbonyl (C=O) groups excluding carboxylic acids is 1. The quantitative estimate of drug-likeness (QED) is 0.731. The molecule has 1 heterocycles. The van der Waals surface area contributed by atoms with Gasteiger partial charge in [0.15, 0.2) is 0 Å². The van der Waals surface area contributed by atoms with Crippen molar-refractivity contribution >= 4 is 6.29 Å². The highest BCUT2D eigenvalue weighted by Crippen LogP contribution is 2.19. The zero-order chi connectivity index (χ0) is 20.9. The van der Waals surface area contributed by atoms with Gasteiger partial charge in [0, 0.05) is 32.7 Å². The summed E-state index contributed by atoms with van der Waals surface area (Å²) in [5.41, 5.74) is 2.14. The molecule has 28 heavy (non-hydrogen) atoms. The number of hydrogen-bond acceptors (Lipinski definition) is 5. The van der Waals surface area contributed by atoms with Gasteiger partial charge in [0.1, 0.15) is 24.5 Å². The lowest BCUT2D eigenvalue weighted by atomic mass is 10.0. The molecule has 1 aliphatic rings. The smallest absolute Gasteiger partial charge is 0.342 e. The minimum absolute atomic E-state index is 0.207. The number of hydrogen-bond donors (Lipinski definition) is 2. The van der Waals surface area contributed by atoms with Gasteiger partial charge in [0.25, 0.3) is 0 Å². The summed E-state index contributed by atoms with van der Waals surface area (Å²) in [6.07, 6.45) is 1.03. The van der Waals surface area contributed by atoms with E-state index in [-0.39, 0.29) is 11.7 Å². The van der Waals surface area contributed by atoms with E-state index in [1.807, 2.05) is 24.3 Å². The standard InChI is InChI=1S/C18H18FNO2.CH2F2O.CH4O/c19-17-5-1-15(2-6-17)13-22-18-7-3-14(4-8-18)9-20-10-16(11-20)12-21;2-1(3)4;1-2/h1-8,12,16H,9-11,13H2;1,4H;2H,1H3. The molecule has 0 aromatic heterocycles. The Morgan fingerprint density at radius 2 is 1.57 bits per heavy atom. The lowest BCUT2D eigenvalue weighted by Crippen LogP contribution is -2.46. The molecule has 8 heteroatoms. The van der Waals surface area contributed by atoms with Crippen LogP contribution < -0.4 is 4.74 Å². The fourth-order valence-corrected chi connectivity index (χ4v) is 2.52. The van der Waals surface area contributed by atoms with Crippen molar-refractivity contribution in [1.82, 2.24) is 4.90 Å². The first kappa shape index (κ1) is 23.6. The fourth-order valence-electron chi connectivity index (χ4n) is 2.52. The molecule has 0 atom stereocenters. The number of benzene rings is 2. The first-order valence-corrected chi connectivity index (χ1v) is 8.51. The molecule has 0 spiro atoms. The Kier molecular flexibility index (Phi) is 10.9. The third-order valence-electron chi connectivity index (χ3n) is 3.83. The van der Waals surface area contributed by atoms with E-state index in [9.17, 15) is 18.0 Å². The Bertz CT molecular complexity index is 672. The number of ether oxygens (including phenoxy) is 1. The number of aldehydes is 1. The highest BCUT2D eigenvalue weighted by molar-refractivity contribution is 5.55. The predicted octanol–water partition coefficient (Wildman–Crippen LogP) is 2.85. The molecule has 5 nitrogen and oxygen atoms in total. The monoisotopic (exact) mass is 399 g/mol. The minimum Gasteiger partial charge on any atom is -0.489 e. The van der Waals surface area contributed by atoms with Crippen molar-refractivity contribution in [2.45, 2.75) is 19.8 Å². The number of likely N-dealkylation sites (tertiary alicyclic amines) is 1. The largest absolute Gasteiger partial charge is 0.489 e. The maximum absolute atomic E-state index is 12.8. The summed E-state index contributed by atoms with van der Waals surface area (Å²) < 4.78 is 38.3. The Morgan fingerprint density at radius 3 is 2.07 bits per heavy atom. The van der Waals surface area contributed by atoms with Crippen molar-refractivity contribution in [1.29, 1.82) is 0 Å². The zero-order valence-corrected chi connectivity index (χ0v) is 15.5. The average Bonchev–Trinajstić information content (AvgIpc) is 2.66. The van der Waals surface area contributed by atoms with E-state index in [4.69, 9.17) is 14.9 Å². The van der Waals surface area contributed by atoms with Crippen molar-refractivity contribution in [2.75, 3.05) is 20.2 Å². The predicted molar refractivity (Wildman–Crippen MR) is 98.4 cm³/mol. The summed E-state index contributed by atoms with van der Waals surface area (Å²) >= 11 is 0. The number of carbonyl (C=O) groups is 1. The Labute approximate surface area is 162 Å². The van der Waals surface area contributed by atoms with Crippen LogP contribution in [0.5, 0.6) is 5.75 Å². The molecule has 3 rings (SSSR count). The normalized spacial score (nSPS) is 13.5.